The molecule has 0 radical (unpaired) electrons. The third-order valence-corrected chi connectivity index (χ3v) is 11.5. The van der Waals surface area contributed by atoms with Crippen LogP contribution in [0.4, 0.5) is 0 Å². The molecule has 5 aromatic carbocycles. The summed E-state index contributed by atoms with van der Waals surface area (Å²) in [5, 5.41) is 0. The minimum Gasteiger partial charge on any atom is -0.464 e. The summed E-state index contributed by atoms with van der Waals surface area (Å²) in [5.74, 6) is -4.85. The fourth-order valence-electron chi connectivity index (χ4n) is 8.15. The van der Waals surface area contributed by atoms with Crippen LogP contribution in [0.15, 0.2) is 152 Å². The van der Waals surface area contributed by atoms with E-state index in [-0.39, 0.29) is 29.9 Å². The number of carbonyl (C=O) groups excluding carboxylic acids is 6. The van der Waals surface area contributed by atoms with E-state index in [0.717, 1.165) is 5.56 Å². The lowest BCUT2D eigenvalue weighted by atomic mass is 9.96. The molecule has 18 heteroatoms. The fraction of sp³-hybridized carbons (Fsp3) is 0.345. The minimum atomic E-state index is -1.66. The number of esters is 6. The SMILES string of the molecule is CCOC(=O)[C@@H](O[C@H]1[C@H](OC[C@H]2O[C@H](OC)[C@H](OC(=O)c3ccccc3)[C@@H](OC(=O)c3ccccc3)[C@@H]2OC(=O)c2ccccc2)O[C@H](COC(C)=O)[C@H](OCc2ccccc2)[C@@H]1OC(C)=O)c1ccccc1. The third kappa shape index (κ3) is 14.4. The van der Waals surface area contributed by atoms with Crippen molar-refractivity contribution in [2.75, 3.05) is 26.9 Å². The van der Waals surface area contributed by atoms with Gasteiger partial charge in [0.25, 0.3) is 0 Å². The van der Waals surface area contributed by atoms with E-state index >= 15 is 0 Å². The standard InChI is InChI=1S/C55H56O18/c1-5-63-53(61)43(37-23-13-7-14-24-37)70-49-46(67-35(3)57)44(65-31-36-21-11-6-12-22-36)41(32-64-34(2)56)69-55(49)66-33-42-45(71-50(58)38-25-15-8-16-26-38)47(72-51(59)39-27-17-9-18-28-39)48(54(62-4)68-42)73-52(60)40-29-19-10-20-30-40/h6-30,41-49,54-55H,5,31-33H2,1-4H3/t41-,42-,43+,44+,45-,46+,47+,48-,49-,54+,55-/m1/s1. The van der Waals surface area contributed by atoms with Crippen LogP contribution in [0.5, 0.6) is 0 Å². The molecular weight excluding hydrogens is 949 g/mol. The average Bonchev–Trinajstić information content (AvgIpc) is 3.41. The van der Waals surface area contributed by atoms with E-state index in [0.29, 0.717) is 5.56 Å². The normalized spacial score (nSPS) is 23.9. The van der Waals surface area contributed by atoms with Crippen molar-refractivity contribution < 1.29 is 85.6 Å². The zero-order chi connectivity index (χ0) is 51.7. The number of methoxy groups -OCH3 is 1. The van der Waals surface area contributed by atoms with Gasteiger partial charge in [-0.15, -0.1) is 0 Å². The number of carbonyl (C=O) groups is 6. The fourth-order valence-corrected chi connectivity index (χ4v) is 8.15. The van der Waals surface area contributed by atoms with Gasteiger partial charge >= 0.3 is 35.8 Å². The highest BCUT2D eigenvalue weighted by Gasteiger charge is 2.56. The Hall–Kier alpha value is -7.32. The summed E-state index contributed by atoms with van der Waals surface area (Å²) < 4.78 is 73.9. The Morgan fingerprint density at radius 3 is 1.45 bits per heavy atom. The maximum atomic E-state index is 14.1. The van der Waals surface area contributed by atoms with E-state index in [4.69, 9.17) is 56.8 Å². The Morgan fingerprint density at radius 2 is 0.945 bits per heavy atom. The minimum absolute atomic E-state index is 0.0201. The van der Waals surface area contributed by atoms with E-state index in [9.17, 15) is 28.8 Å². The number of rotatable bonds is 21. The van der Waals surface area contributed by atoms with Crippen LogP contribution >= 0.6 is 0 Å². The zero-order valence-corrected chi connectivity index (χ0v) is 40.5. The molecule has 2 aliphatic rings. The van der Waals surface area contributed by atoms with Crippen molar-refractivity contribution >= 4 is 35.8 Å². The first-order valence-corrected chi connectivity index (χ1v) is 23.5. The molecule has 2 saturated heterocycles. The molecule has 2 heterocycles. The van der Waals surface area contributed by atoms with E-state index < -0.39 is 117 Å². The molecule has 0 unspecified atom stereocenters. The quantitative estimate of drug-likeness (QED) is 0.0563. The topological polar surface area (TPSA) is 213 Å². The molecule has 0 N–H and O–H groups in total. The Kier molecular flexibility index (Phi) is 19.3. The second kappa shape index (κ2) is 26.4. The van der Waals surface area contributed by atoms with Gasteiger partial charge in [0.05, 0.1) is 36.5 Å². The van der Waals surface area contributed by atoms with Crippen LogP contribution in [0.2, 0.25) is 0 Å². The molecule has 0 aliphatic carbocycles. The highest BCUT2D eigenvalue weighted by molar-refractivity contribution is 5.91. The molecule has 384 valence electrons. The lowest BCUT2D eigenvalue weighted by Gasteiger charge is -2.47. The van der Waals surface area contributed by atoms with Gasteiger partial charge < -0.3 is 56.8 Å². The monoisotopic (exact) mass is 1000 g/mol. The molecule has 0 amide bonds. The maximum absolute atomic E-state index is 14.1. The first-order chi connectivity index (χ1) is 35.4. The van der Waals surface area contributed by atoms with Crippen molar-refractivity contribution in [3.63, 3.8) is 0 Å². The van der Waals surface area contributed by atoms with Gasteiger partial charge in [-0.1, -0.05) is 115 Å². The van der Waals surface area contributed by atoms with Crippen LogP contribution < -0.4 is 0 Å². The van der Waals surface area contributed by atoms with Gasteiger partial charge in [0.1, 0.15) is 31.0 Å². The van der Waals surface area contributed by atoms with Crippen LogP contribution in [0.3, 0.4) is 0 Å². The Bertz CT molecular complexity index is 2570. The Balaban J connectivity index is 1.31. The maximum Gasteiger partial charge on any atom is 0.339 e. The van der Waals surface area contributed by atoms with E-state index in [1.807, 2.05) is 30.3 Å². The number of hydrogen-bond acceptors (Lipinski definition) is 18. The molecule has 7 rings (SSSR count). The van der Waals surface area contributed by atoms with Crippen LogP contribution in [0.25, 0.3) is 0 Å². The van der Waals surface area contributed by atoms with Crippen LogP contribution in [-0.2, 0) is 77.8 Å². The molecule has 11 atom stereocenters. The highest BCUT2D eigenvalue weighted by Crippen LogP contribution is 2.36. The third-order valence-electron chi connectivity index (χ3n) is 11.5. The van der Waals surface area contributed by atoms with E-state index in [1.165, 1.54) is 57.4 Å². The summed E-state index contributed by atoms with van der Waals surface area (Å²) in [6.07, 6.45) is -16.4. The van der Waals surface area contributed by atoms with Crippen molar-refractivity contribution in [2.45, 2.75) is 94.9 Å². The molecule has 5 aromatic rings. The first kappa shape index (κ1) is 53.5. The summed E-state index contributed by atoms with van der Waals surface area (Å²) in [7, 11) is 1.27. The summed E-state index contributed by atoms with van der Waals surface area (Å²) in [6.45, 7) is 2.88. The molecule has 0 saturated carbocycles. The smallest absolute Gasteiger partial charge is 0.339 e. The summed E-state index contributed by atoms with van der Waals surface area (Å²) in [4.78, 5) is 81.3. The Labute approximate surface area is 421 Å². The van der Waals surface area contributed by atoms with Gasteiger partial charge in [0, 0.05) is 21.0 Å². The molecule has 2 fully saturated rings. The summed E-state index contributed by atoms with van der Waals surface area (Å²) >= 11 is 0. The molecule has 0 bridgehead atoms. The van der Waals surface area contributed by atoms with Crippen molar-refractivity contribution in [1.82, 2.24) is 0 Å². The van der Waals surface area contributed by atoms with E-state index in [1.54, 1.807) is 91.9 Å². The number of hydrogen-bond donors (Lipinski definition) is 0. The average molecular weight is 1010 g/mol. The largest absolute Gasteiger partial charge is 0.464 e. The van der Waals surface area contributed by atoms with Crippen LogP contribution in [-0.4, -0.2) is 124 Å². The van der Waals surface area contributed by atoms with Gasteiger partial charge in [0.15, 0.2) is 43.1 Å². The van der Waals surface area contributed by atoms with E-state index in [2.05, 4.69) is 0 Å². The molecule has 2 aliphatic heterocycles. The lowest BCUT2D eigenvalue weighted by Crippen LogP contribution is -2.65. The summed E-state index contributed by atoms with van der Waals surface area (Å²) in [5.41, 5.74) is 1.45. The number of ether oxygens (including phenoxy) is 12. The first-order valence-electron chi connectivity index (χ1n) is 23.5. The van der Waals surface area contributed by atoms with Gasteiger partial charge in [-0.2, -0.15) is 0 Å². The second-order valence-corrected chi connectivity index (χ2v) is 16.6. The van der Waals surface area contributed by atoms with Gasteiger partial charge in [-0.3, -0.25) is 9.59 Å². The van der Waals surface area contributed by atoms with Crippen molar-refractivity contribution in [2.24, 2.45) is 0 Å². The second-order valence-electron chi connectivity index (χ2n) is 16.6. The van der Waals surface area contributed by atoms with Crippen LogP contribution in [0.1, 0.15) is 69.1 Å². The lowest BCUT2D eigenvalue weighted by molar-refractivity contribution is -0.340. The predicted molar refractivity (Wildman–Crippen MR) is 255 cm³/mol. The predicted octanol–water partition coefficient (Wildman–Crippen LogP) is 6.55. The molecule has 0 spiro atoms. The van der Waals surface area contributed by atoms with Gasteiger partial charge in [-0.25, -0.2) is 19.2 Å². The van der Waals surface area contributed by atoms with Crippen molar-refractivity contribution in [3.05, 3.63) is 179 Å². The van der Waals surface area contributed by atoms with Gasteiger partial charge in [-0.05, 0) is 54.4 Å². The molecule has 73 heavy (non-hydrogen) atoms. The number of benzene rings is 5. The van der Waals surface area contributed by atoms with Gasteiger partial charge in [0.2, 0.25) is 0 Å². The molecular formula is C55H56O18. The molecule has 18 nitrogen and oxygen atoms in total. The highest BCUT2D eigenvalue weighted by atomic mass is 16.8. The van der Waals surface area contributed by atoms with Crippen molar-refractivity contribution in [1.29, 1.82) is 0 Å². The summed E-state index contributed by atoms with van der Waals surface area (Å²) in [6, 6.07) is 41.4. The van der Waals surface area contributed by atoms with Crippen molar-refractivity contribution in [3.8, 4) is 0 Å². The molecule has 0 aromatic heterocycles. The zero-order valence-electron chi connectivity index (χ0n) is 40.5. The van der Waals surface area contributed by atoms with Crippen LogP contribution in [0, 0.1) is 0 Å². The Morgan fingerprint density at radius 1 is 0.479 bits per heavy atom.